The summed E-state index contributed by atoms with van der Waals surface area (Å²) in [5.74, 6) is -0.0269. The standard InChI is InChI=1S/C18H14ClF3N4O/c19-14-9-26(10-16(27)25-2-1-3-25)15-5-12(7-24-17(14)15)11-4-13(8-23-6-11)18(20,21)22/h4-9H,1-3,10H2. The minimum Gasteiger partial charge on any atom is -0.341 e. The number of nitrogens with zero attached hydrogens (tertiary/aromatic N) is 4. The third-order valence-corrected chi connectivity index (χ3v) is 4.86. The van der Waals surface area contributed by atoms with E-state index in [4.69, 9.17) is 11.6 Å². The molecule has 4 heterocycles. The first-order chi connectivity index (χ1) is 12.8. The molecule has 1 fully saturated rings. The Balaban J connectivity index is 1.73. The molecule has 0 aromatic carbocycles. The molecule has 140 valence electrons. The number of likely N-dealkylation sites (tertiary alicyclic amines) is 1. The van der Waals surface area contributed by atoms with E-state index in [1.165, 1.54) is 12.4 Å². The number of carbonyl (C=O) groups is 1. The molecule has 3 aromatic heterocycles. The molecule has 0 atom stereocenters. The second-order valence-corrected chi connectivity index (χ2v) is 6.80. The topological polar surface area (TPSA) is 51.0 Å². The van der Waals surface area contributed by atoms with Crippen LogP contribution in [-0.2, 0) is 17.5 Å². The summed E-state index contributed by atoms with van der Waals surface area (Å²) in [5, 5.41) is 0.384. The zero-order chi connectivity index (χ0) is 19.2. The molecule has 0 N–H and O–H groups in total. The Labute approximate surface area is 157 Å². The van der Waals surface area contributed by atoms with Gasteiger partial charge in [0.15, 0.2) is 0 Å². The maximum Gasteiger partial charge on any atom is 0.417 e. The highest BCUT2D eigenvalue weighted by Gasteiger charge is 2.31. The van der Waals surface area contributed by atoms with Crippen LogP contribution in [0.25, 0.3) is 22.2 Å². The van der Waals surface area contributed by atoms with E-state index in [1.54, 1.807) is 21.7 Å². The number of amides is 1. The molecule has 9 heteroatoms. The molecule has 3 aromatic rings. The van der Waals surface area contributed by atoms with E-state index in [1.807, 2.05) is 0 Å². The number of carbonyl (C=O) groups excluding carboxylic acids is 1. The van der Waals surface area contributed by atoms with E-state index >= 15 is 0 Å². The van der Waals surface area contributed by atoms with E-state index in [9.17, 15) is 18.0 Å². The Morgan fingerprint density at radius 3 is 2.56 bits per heavy atom. The number of aromatic nitrogens is 3. The maximum absolute atomic E-state index is 12.9. The fraction of sp³-hybridized carbons (Fsp3) is 0.278. The van der Waals surface area contributed by atoms with Crippen molar-refractivity contribution < 1.29 is 18.0 Å². The van der Waals surface area contributed by atoms with Crippen LogP contribution in [-0.4, -0.2) is 38.4 Å². The summed E-state index contributed by atoms with van der Waals surface area (Å²) in [4.78, 5) is 22.0. The molecule has 27 heavy (non-hydrogen) atoms. The van der Waals surface area contributed by atoms with E-state index < -0.39 is 11.7 Å². The highest BCUT2D eigenvalue weighted by Crippen LogP contribution is 2.33. The number of rotatable bonds is 3. The van der Waals surface area contributed by atoms with Gasteiger partial charge in [-0.05, 0) is 18.6 Å². The van der Waals surface area contributed by atoms with Gasteiger partial charge in [-0.1, -0.05) is 11.6 Å². The van der Waals surface area contributed by atoms with Crippen LogP contribution in [0, 0.1) is 0 Å². The fourth-order valence-electron chi connectivity index (χ4n) is 2.98. The van der Waals surface area contributed by atoms with Gasteiger partial charge in [0.05, 0.1) is 16.1 Å². The van der Waals surface area contributed by atoms with Gasteiger partial charge in [-0.3, -0.25) is 14.8 Å². The van der Waals surface area contributed by atoms with Crippen molar-refractivity contribution in [1.29, 1.82) is 0 Å². The van der Waals surface area contributed by atoms with E-state index in [2.05, 4.69) is 9.97 Å². The van der Waals surface area contributed by atoms with Gasteiger partial charge < -0.3 is 9.47 Å². The van der Waals surface area contributed by atoms with Crippen LogP contribution in [0.5, 0.6) is 0 Å². The van der Waals surface area contributed by atoms with Gasteiger partial charge in [-0.25, -0.2) is 0 Å². The van der Waals surface area contributed by atoms with Gasteiger partial charge in [0.2, 0.25) is 5.91 Å². The average molecular weight is 395 g/mol. The Morgan fingerprint density at radius 2 is 1.89 bits per heavy atom. The lowest BCUT2D eigenvalue weighted by molar-refractivity contribution is -0.138. The molecule has 1 aliphatic rings. The number of hydrogen-bond donors (Lipinski definition) is 0. The second-order valence-electron chi connectivity index (χ2n) is 6.39. The summed E-state index contributed by atoms with van der Waals surface area (Å²) in [6.07, 6.45) is 1.71. The number of pyridine rings is 2. The number of alkyl halides is 3. The quantitative estimate of drug-likeness (QED) is 0.674. The molecule has 5 nitrogen and oxygen atoms in total. The van der Waals surface area contributed by atoms with Gasteiger partial charge in [0.25, 0.3) is 0 Å². The lowest BCUT2D eigenvalue weighted by Crippen LogP contribution is -2.43. The van der Waals surface area contributed by atoms with Crippen LogP contribution < -0.4 is 0 Å². The van der Waals surface area contributed by atoms with Crippen molar-refractivity contribution in [3.05, 3.63) is 47.5 Å². The minimum absolute atomic E-state index is 0.0269. The fourth-order valence-corrected chi connectivity index (χ4v) is 3.24. The van der Waals surface area contributed by atoms with E-state index in [0.717, 1.165) is 31.8 Å². The van der Waals surface area contributed by atoms with Gasteiger partial charge in [-0.15, -0.1) is 0 Å². The van der Waals surface area contributed by atoms with Crippen LogP contribution in [0.4, 0.5) is 13.2 Å². The van der Waals surface area contributed by atoms with Crippen LogP contribution >= 0.6 is 11.6 Å². The molecule has 1 aliphatic heterocycles. The van der Waals surface area contributed by atoms with E-state index in [-0.39, 0.29) is 18.0 Å². The van der Waals surface area contributed by atoms with Crippen molar-refractivity contribution in [3.8, 4) is 11.1 Å². The smallest absolute Gasteiger partial charge is 0.341 e. The average Bonchev–Trinajstić information content (AvgIpc) is 2.88. The maximum atomic E-state index is 12.9. The van der Waals surface area contributed by atoms with Crippen molar-refractivity contribution >= 4 is 28.5 Å². The minimum atomic E-state index is -4.48. The summed E-state index contributed by atoms with van der Waals surface area (Å²) in [6.45, 7) is 1.59. The highest BCUT2D eigenvalue weighted by atomic mass is 35.5. The zero-order valence-corrected chi connectivity index (χ0v) is 14.8. The van der Waals surface area contributed by atoms with Crippen molar-refractivity contribution in [2.75, 3.05) is 13.1 Å². The van der Waals surface area contributed by atoms with Crippen molar-refractivity contribution in [2.45, 2.75) is 19.1 Å². The molecule has 0 radical (unpaired) electrons. The summed E-state index contributed by atoms with van der Waals surface area (Å²) < 4.78 is 40.5. The van der Waals surface area contributed by atoms with Gasteiger partial charge in [0.1, 0.15) is 12.1 Å². The number of fused-ring (bicyclic) bond motifs is 1. The lowest BCUT2D eigenvalue weighted by atomic mass is 10.1. The van der Waals surface area contributed by atoms with E-state index in [0.29, 0.717) is 21.6 Å². The molecule has 1 saturated heterocycles. The van der Waals surface area contributed by atoms with Gasteiger partial charge in [-0.2, -0.15) is 13.2 Å². The zero-order valence-electron chi connectivity index (χ0n) is 14.0. The monoisotopic (exact) mass is 394 g/mol. The molecule has 0 unspecified atom stereocenters. The first-order valence-corrected chi connectivity index (χ1v) is 8.65. The second kappa shape index (κ2) is 6.53. The summed E-state index contributed by atoms with van der Waals surface area (Å²) in [6, 6.07) is 2.70. The third kappa shape index (κ3) is 3.37. The summed E-state index contributed by atoms with van der Waals surface area (Å²) >= 11 is 6.20. The number of hydrogen-bond acceptors (Lipinski definition) is 3. The van der Waals surface area contributed by atoms with Crippen molar-refractivity contribution in [2.24, 2.45) is 0 Å². The van der Waals surface area contributed by atoms with Crippen molar-refractivity contribution in [3.63, 3.8) is 0 Å². The molecule has 1 amide bonds. The van der Waals surface area contributed by atoms with Gasteiger partial charge in [0, 0.05) is 49.0 Å². The Bertz CT molecular complexity index is 1030. The molecular weight excluding hydrogens is 381 g/mol. The molecule has 0 saturated carbocycles. The van der Waals surface area contributed by atoms with Gasteiger partial charge >= 0.3 is 6.18 Å². The Morgan fingerprint density at radius 1 is 1.15 bits per heavy atom. The normalized spacial score (nSPS) is 14.4. The third-order valence-electron chi connectivity index (χ3n) is 4.59. The highest BCUT2D eigenvalue weighted by molar-refractivity contribution is 6.35. The Hall–Kier alpha value is -2.61. The molecular formula is C18H14ClF3N4O. The van der Waals surface area contributed by atoms with Crippen LogP contribution in [0.15, 0.2) is 36.9 Å². The summed E-state index contributed by atoms with van der Waals surface area (Å²) in [7, 11) is 0. The molecule has 0 aliphatic carbocycles. The largest absolute Gasteiger partial charge is 0.417 e. The SMILES string of the molecule is O=C(Cn1cc(Cl)c2ncc(-c3cncc(C(F)(F)F)c3)cc21)N1CCC1. The molecule has 0 bridgehead atoms. The van der Waals surface area contributed by atoms with Crippen LogP contribution in [0.1, 0.15) is 12.0 Å². The van der Waals surface area contributed by atoms with Crippen LogP contribution in [0.2, 0.25) is 5.02 Å². The predicted molar refractivity (Wildman–Crippen MR) is 94.2 cm³/mol. The first-order valence-electron chi connectivity index (χ1n) is 8.28. The van der Waals surface area contributed by atoms with Crippen molar-refractivity contribution in [1.82, 2.24) is 19.4 Å². The Kier molecular flexibility index (Phi) is 4.30. The molecule has 4 rings (SSSR count). The first kappa shape index (κ1) is 17.8. The van der Waals surface area contributed by atoms with Crippen LogP contribution in [0.3, 0.4) is 0 Å². The number of halogens is 4. The summed E-state index contributed by atoms with van der Waals surface area (Å²) in [5.41, 5.74) is 1.01. The predicted octanol–water partition coefficient (Wildman–Crippen LogP) is 4.00. The molecule has 0 spiro atoms. The lowest BCUT2D eigenvalue weighted by Gasteiger charge is -2.31.